The van der Waals surface area contributed by atoms with Crippen molar-refractivity contribution in [2.75, 3.05) is 19.5 Å². The number of halogens is 1. The van der Waals surface area contributed by atoms with E-state index in [9.17, 15) is 14.9 Å². The number of rotatable bonds is 6. The van der Waals surface area contributed by atoms with E-state index in [0.29, 0.717) is 31.3 Å². The number of non-ortho nitro benzene ring substituents is 1. The predicted octanol–water partition coefficient (Wildman–Crippen LogP) is 4.64. The number of nitro groups is 1. The normalized spacial score (nSPS) is 11.0. The van der Waals surface area contributed by atoms with Crippen LogP contribution in [0.2, 0.25) is 0 Å². The Morgan fingerprint density at radius 1 is 1.29 bits per heavy atom. The van der Waals surface area contributed by atoms with Crippen molar-refractivity contribution < 1.29 is 19.2 Å². The molecule has 0 saturated heterocycles. The van der Waals surface area contributed by atoms with Crippen LogP contribution in [0, 0.1) is 10.1 Å². The molecule has 1 amide bonds. The van der Waals surface area contributed by atoms with Crippen LogP contribution in [0.25, 0.3) is 16.3 Å². The first kappa shape index (κ1) is 19.8. The number of nitrogens with one attached hydrogen (secondary N) is 1. The molecular weight excluding hydrogens is 450 g/mol. The molecule has 0 aliphatic rings. The molecule has 0 atom stereocenters. The molecular formula is C18H14BrN3O5S. The van der Waals surface area contributed by atoms with Gasteiger partial charge < -0.3 is 9.47 Å². The zero-order valence-corrected chi connectivity index (χ0v) is 17.2. The van der Waals surface area contributed by atoms with Gasteiger partial charge in [0.1, 0.15) is 0 Å². The minimum absolute atomic E-state index is 0.0204. The minimum Gasteiger partial charge on any atom is -0.493 e. The summed E-state index contributed by atoms with van der Waals surface area (Å²) in [6, 6.07) is 7.89. The first-order chi connectivity index (χ1) is 13.4. The molecule has 3 rings (SSSR count). The lowest BCUT2D eigenvalue weighted by atomic mass is 10.2. The van der Waals surface area contributed by atoms with E-state index in [1.165, 1.54) is 43.8 Å². The fourth-order valence-electron chi connectivity index (χ4n) is 2.43. The molecule has 1 heterocycles. The maximum atomic E-state index is 12.2. The number of fused-ring (bicyclic) bond motifs is 1. The first-order valence-electron chi connectivity index (χ1n) is 7.87. The van der Waals surface area contributed by atoms with Gasteiger partial charge in [-0.25, -0.2) is 4.98 Å². The van der Waals surface area contributed by atoms with Crippen LogP contribution in [0.15, 0.2) is 40.9 Å². The zero-order valence-electron chi connectivity index (χ0n) is 14.8. The number of thiazole rings is 1. The molecule has 0 unspecified atom stereocenters. The van der Waals surface area contributed by atoms with E-state index in [2.05, 4.69) is 26.2 Å². The van der Waals surface area contributed by atoms with E-state index in [1.54, 1.807) is 24.3 Å². The molecule has 0 aliphatic carbocycles. The molecule has 28 heavy (non-hydrogen) atoms. The van der Waals surface area contributed by atoms with Gasteiger partial charge in [0.15, 0.2) is 16.6 Å². The highest BCUT2D eigenvalue weighted by molar-refractivity contribution is 9.10. The van der Waals surface area contributed by atoms with E-state index >= 15 is 0 Å². The summed E-state index contributed by atoms with van der Waals surface area (Å²) in [6.07, 6.45) is 2.99. The Hall–Kier alpha value is -2.98. The molecule has 0 spiro atoms. The molecule has 1 N–H and O–H groups in total. The van der Waals surface area contributed by atoms with E-state index in [-0.39, 0.29) is 11.6 Å². The lowest BCUT2D eigenvalue weighted by molar-refractivity contribution is -0.384. The van der Waals surface area contributed by atoms with E-state index in [1.807, 2.05) is 0 Å². The maximum Gasteiger partial charge on any atom is 0.270 e. The number of amides is 1. The number of hydrogen-bond acceptors (Lipinski definition) is 7. The number of aromatic nitrogens is 1. The van der Waals surface area contributed by atoms with E-state index < -0.39 is 4.92 Å². The number of carbonyl (C=O) groups is 1. The molecule has 2 aromatic carbocycles. The zero-order chi connectivity index (χ0) is 20.3. The summed E-state index contributed by atoms with van der Waals surface area (Å²) >= 11 is 4.57. The van der Waals surface area contributed by atoms with Gasteiger partial charge in [-0.1, -0.05) is 11.3 Å². The monoisotopic (exact) mass is 463 g/mol. The Balaban J connectivity index is 1.76. The van der Waals surface area contributed by atoms with Crippen molar-refractivity contribution in [1.29, 1.82) is 0 Å². The van der Waals surface area contributed by atoms with Crippen molar-refractivity contribution >= 4 is 60.3 Å². The summed E-state index contributed by atoms with van der Waals surface area (Å²) < 4.78 is 11.8. The largest absolute Gasteiger partial charge is 0.493 e. The SMILES string of the molecule is COc1cc(/C=C/C(=O)Nc2nc3ccc([N+](=O)[O-])cc3s2)cc(Br)c1OC. The van der Waals surface area contributed by atoms with Gasteiger partial charge in [0.05, 0.1) is 33.8 Å². The van der Waals surface area contributed by atoms with E-state index in [4.69, 9.17) is 9.47 Å². The summed E-state index contributed by atoms with van der Waals surface area (Å²) in [7, 11) is 3.07. The van der Waals surface area contributed by atoms with Gasteiger partial charge in [0.2, 0.25) is 5.91 Å². The van der Waals surface area contributed by atoms with Crippen molar-refractivity contribution in [3.8, 4) is 11.5 Å². The fraction of sp³-hybridized carbons (Fsp3) is 0.111. The Bertz CT molecular complexity index is 1100. The molecule has 0 fully saturated rings. The molecule has 0 saturated carbocycles. The van der Waals surface area contributed by atoms with Gasteiger partial charge in [-0.2, -0.15) is 0 Å². The number of benzene rings is 2. The summed E-state index contributed by atoms with van der Waals surface area (Å²) in [5, 5.41) is 13.9. The third-order valence-corrected chi connectivity index (χ3v) is 5.22. The van der Waals surface area contributed by atoms with Gasteiger partial charge in [0, 0.05) is 18.2 Å². The number of carbonyl (C=O) groups excluding carboxylic acids is 1. The van der Waals surface area contributed by atoms with Crippen molar-refractivity contribution in [3.63, 3.8) is 0 Å². The number of methoxy groups -OCH3 is 2. The number of nitro benzene ring substituents is 1. The quantitative estimate of drug-likeness (QED) is 0.324. The molecule has 0 bridgehead atoms. The smallest absolute Gasteiger partial charge is 0.270 e. The second-order valence-electron chi connectivity index (χ2n) is 5.49. The lowest BCUT2D eigenvalue weighted by Gasteiger charge is -2.10. The van der Waals surface area contributed by atoms with Crippen LogP contribution in [0.5, 0.6) is 11.5 Å². The highest BCUT2D eigenvalue weighted by atomic mass is 79.9. The molecule has 1 aromatic heterocycles. The molecule has 3 aromatic rings. The third-order valence-electron chi connectivity index (χ3n) is 3.70. The van der Waals surface area contributed by atoms with Crippen LogP contribution in [-0.2, 0) is 4.79 Å². The van der Waals surface area contributed by atoms with Gasteiger partial charge in [-0.15, -0.1) is 0 Å². The second kappa shape index (κ2) is 8.36. The number of nitrogens with zero attached hydrogens (tertiary/aromatic N) is 2. The highest BCUT2D eigenvalue weighted by Gasteiger charge is 2.12. The molecule has 0 aliphatic heterocycles. The van der Waals surface area contributed by atoms with E-state index in [0.717, 1.165) is 5.56 Å². The molecule has 10 heteroatoms. The van der Waals surface area contributed by atoms with Gasteiger partial charge >= 0.3 is 0 Å². The maximum absolute atomic E-state index is 12.2. The van der Waals surface area contributed by atoms with Crippen molar-refractivity contribution in [2.24, 2.45) is 0 Å². The summed E-state index contributed by atoms with van der Waals surface area (Å²) in [5.74, 6) is 0.719. The summed E-state index contributed by atoms with van der Waals surface area (Å²) in [5.41, 5.74) is 1.30. The summed E-state index contributed by atoms with van der Waals surface area (Å²) in [6.45, 7) is 0. The van der Waals surface area contributed by atoms with Crippen LogP contribution in [0.1, 0.15) is 5.56 Å². The van der Waals surface area contributed by atoms with Gasteiger partial charge in [-0.05, 0) is 45.8 Å². The number of hydrogen-bond donors (Lipinski definition) is 1. The fourth-order valence-corrected chi connectivity index (χ4v) is 3.96. The minimum atomic E-state index is -0.471. The van der Waals surface area contributed by atoms with Crippen LogP contribution >= 0.6 is 27.3 Å². The van der Waals surface area contributed by atoms with Crippen LogP contribution in [0.3, 0.4) is 0 Å². The molecule has 0 radical (unpaired) electrons. The average molecular weight is 464 g/mol. The Kier molecular flexibility index (Phi) is 5.90. The summed E-state index contributed by atoms with van der Waals surface area (Å²) in [4.78, 5) is 26.8. The van der Waals surface area contributed by atoms with Crippen LogP contribution in [-0.4, -0.2) is 30.0 Å². The Morgan fingerprint density at radius 2 is 2.07 bits per heavy atom. The Morgan fingerprint density at radius 3 is 2.75 bits per heavy atom. The van der Waals surface area contributed by atoms with Crippen LogP contribution in [0.4, 0.5) is 10.8 Å². The number of anilines is 1. The van der Waals surface area contributed by atoms with Crippen molar-refractivity contribution in [1.82, 2.24) is 4.98 Å². The Labute approximate surface area is 172 Å². The van der Waals surface area contributed by atoms with Gasteiger partial charge in [0.25, 0.3) is 5.69 Å². The standard InChI is InChI=1S/C18H14BrN3O5S/c1-26-14-8-10(7-12(19)17(14)27-2)3-6-16(23)21-18-20-13-5-4-11(22(24)25)9-15(13)28-18/h3-9H,1-2H3,(H,20,21,23)/b6-3+. The van der Waals surface area contributed by atoms with Crippen molar-refractivity contribution in [2.45, 2.75) is 0 Å². The first-order valence-corrected chi connectivity index (χ1v) is 9.47. The topological polar surface area (TPSA) is 104 Å². The second-order valence-corrected chi connectivity index (χ2v) is 7.37. The predicted molar refractivity (Wildman–Crippen MR) is 111 cm³/mol. The van der Waals surface area contributed by atoms with Gasteiger partial charge in [-0.3, -0.25) is 20.2 Å². The van der Waals surface area contributed by atoms with Crippen molar-refractivity contribution in [3.05, 3.63) is 56.6 Å². The average Bonchev–Trinajstić information content (AvgIpc) is 3.06. The molecule has 8 nitrogen and oxygen atoms in total. The molecule has 144 valence electrons. The van der Waals surface area contributed by atoms with Crippen LogP contribution < -0.4 is 14.8 Å². The highest BCUT2D eigenvalue weighted by Crippen LogP contribution is 2.36. The third kappa shape index (κ3) is 4.29. The number of ether oxygens (including phenoxy) is 2. The lowest BCUT2D eigenvalue weighted by Crippen LogP contribution is -2.07.